The summed E-state index contributed by atoms with van der Waals surface area (Å²) in [6.07, 6.45) is 2.37. The van der Waals surface area contributed by atoms with Gasteiger partial charge < -0.3 is 9.47 Å². The molecular formula is C27H22FIN2O4S. The van der Waals surface area contributed by atoms with E-state index in [2.05, 4.69) is 27.9 Å². The maximum Gasteiger partial charge on any atom is 0.270 e. The molecule has 1 saturated heterocycles. The molecule has 3 aromatic carbocycles. The fourth-order valence-corrected chi connectivity index (χ4v) is 4.70. The van der Waals surface area contributed by atoms with Gasteiger partial charge in [0.2, 0.25) is 0 Å². The molecule has 0 radical (unpaired) electrons. The Balaban J connectivity index is 1.62. The van der Waals surface area contributed by atoms with Gasteiger partial charge in [-0.2, -0.15) is 0 Å². The summed E-state index contributed by atoms with van der Waals surface area (Å²) in [7, 11) is 1.51. The predicted molar refractivity (Wildman–Crippen MR) is 148 cm³/mol. The second-order valence-electron chi connectivity index (χ2n) is 7.93. The first kappa shape index (κ1) is 25.8. The lowest BCUT2D eigenvalue weighted by Gasteiger charge is -2.29. The van der Waals surface area contributed by atoms with Crippen LogP contribution in [0.15, 0.2) is 66.2 Å². The molecule has 0 saturated carbocycles. The molecule has 0 aliphatic carbocycles. The van der Waals surface area contributed by atoms with Gasteiger partial charge in [-0.3, -0.25) is 19.8 Å². The minimum atomic E-state index is -0.572. The van der Waals surface area contributed by atoms with Crippen LogP contribution in [0.2, 0.25) is 0 Å². The van der Waals surface area contributed by atoms with Gasteiger partial charge in [0.05, 0.1) is 16.4 Å². The van der Waals surface area contributed by atoms with Crippen LogP contribution in [-0.2, 0) is 22.6 Å². The maximum absolute atomic E-state index is 13.3. The minimum Gasteiger partial charge on any atom is -0.493 e. The standard InChI is InChI=1S/C27H22FIN2O4S/c1-3-16-6-10-20(11-7-16)31-26(33)21(25(32)30-27(31)36)12-18-13-22(29)24(23(14-18)34-2)35-15-17-4-8-19(28)9-5-17/h4-14H,3,15H2,1-2H3,(H,30,32,36)/b21-12+. The lowest BCUT2D eigenvalue weighted by molar-refractivity contribution is -0.122. The number of hydrogen-bond acceptors (Lipinski definition) is 5. The molecule has 0 bridgehead atoms. The molecule has 1 heterocycles. The molecule has 9 heteroatoms. The summed E-state index contributed by atoms with van der Waals surface area (Å²) in [5, 5.41) is 2.63. The molecule has 2 amide bonds. The van der Waals surface area contributed by atoms with E-state index >= 15 is 0 Å². The molecule has 1 N–H and O–H groups in total. The van der Waals surface area contributed by atoms with Crippen molar-refractivity contribution in [1.29, 1.82) is 0 Å². The lowest BCUT2D eigenvalue weighted by atomic mass is 10.1. The Kier molecular flexibility index (Phi) is 8.00. The summed E-state index contributed by atoms with van der Waals surface area (Å²) in [6, 6.07) is 16.9. The number of aryl methyl sites for hydroxylation is 1. The van der Waals surface area contributed by atoms with Crippen molar-refractivity contribution in [2.24, 2.45) is 0 Å². The van der Waals surface area contributed by atoms with Crippen molar-refractivity contribution in [3.63, 3.8) is 0 Å². The molecule has 0 spiro atoms. The van der Waals surface area contributed by atoms with E-state index in [9.17, 15) is 14.0 Å². The Morgan fingerprint density at radius 2 is 1.72 bits per heavy atom. The molecule has 0 atom stereocenters. The van der Waals surface area contributed by atoms with E-state index < -0.39 is 11.8 Å². The van der Waals surface area contributed by atoms with Crippen LogP contribution in [0.3, 0.4) is 0 Å². The Labute approximate surface area is 227 Å². The molecule has 36 heavy (non-hydrogen) atoms. The summed E-state index contributed by atoms with van der Waals surface area (Å²) in [5.41, 5.74) is 3.02. The van der Waals surface area contributed by atoms with Gasteiger partial charge in [0, 0.05) is 0 Å². The van der Waals surface area contributed by atoms with Gasteiger partial charge in [-0.15, -0.1) is 0 Å². The van der Waals surface area contributed by atoms with Crippen LogP contribution < -0.4 is 19.7 Å². The number of carbonyl (C=O) groups is 2. The number of nitrogens with one attached hydrogen (secondary N) is 1. The van der Waals surface area contributed by atoms with Crippen molar-refractivity contribution in [1.82, 2.24) is 5.32 Å². The monoisotopic (exact) mass is 616 g/mol. The quantitative estimate of drug-likeness (QED) is 0.167. The summed E-state index contributed by atoms with van der Waals surface area (Å²) in [6.45, 7) is 2.26. The van der Waals surface area contributed by atoms with Gasteiger partial charge in [-0.05, 0) is 100 Å². The summed E-state index contributed by atoms with van der Waals surface area (Å²) in [4.78, 5) is 27.3. The first-order valence-electron chi connectivity index (χ1n) is 11.1. The molecule has 184 valence electrons. The highest BCUT2D eigenvalue weighted by Gasteiger charge is 2.34. The van der Waals surface area contributed by atoms with E-state index in [-0.39, 0.29) is 23.1 Å². The average Bonchev–Trinajstić information content (AvgIpc) is 2.87. The molecule has 1 fully saturated rings. The van der Waals surface area contributed by atoms with Crippen LogP contribution in [0.4, 0.5) is 10.1 Å². The highest BCUT2D eigenvalue weighted by atomic mass is 127. The molecule has 3 aromatic rings. The molecule has 1 aliphatic heterocycles. The van der Waals surface area contributed by atoms with Crippen molar-refractivity contribution in [3.8, 4) is 11.5 Å². The Bertz CT molecular complexity index is 1360. The van der Waals surface area contributed by atoms with Crippen LogP contribution in [0, 0.1) is 9.39 Å². The van der Waals surface area contributed by atoms with E-state index in [0.717, 1.165) is 17.5 Å². The number of methoxy groups -OCH3 is 1. The zero-order valence-electron chi connectivity index (χ0n) is 19.5. The van der Waals surface area contributed by atoms with Crippen LogP contribution in [0.1, 0.15) is 23.6 Å². The SMILES string of the molecule is CCc1ccc(N2C(=O)/C(=C/c3cc(I)c(OCc4ccc(F)cc4)c(OC)c3)C(=O)NC2=S)cc1. The number of nitrogens with zero attached hydrogens (tertiary/aromatic N) is 1. The van der Waals surface area contributed by atoms with Gasteiger partial charge in [0.1, 0.15) is 18.0 Å². The van der Waals surface area contributed by atoms with Gasteiger partial charge in [-0.1, -0.05) is 31.2 Å². The minimum absolute atomic E-state index is 0.0306. The predicted octanol–water partition coefficient (Wildman–Crippen LogP) is 5.41. The third-order valence-electron chi connectivity index (χ3n) is 5.56. The third kappa shape index (κ3) is 5.57. The Morgan fingerprint density at radius 1 is 1.06 bits per heavy atom. The molecule has 0 unspecified atom stereocenters. The highest BCUT2D eigenvalue weighted by Crippen LogP contribution is 2.35. The first-order valence-corrected chi connectivity index (χ1v) is 12.5. The largest absolute Gasteiger partial charge is 0.493 e. The van der Waals surface area contributed by atoms with Crippen molar-refractivity contribution < 1.29 is 23.5 Å². The van der Waals surface area contributed by atoms with Crippen LogP contribution in [0.25, 0.3) is 6.08 Å². The Hall–Kier alpha value is -3.31. The van der Waals surface area contributed by atoms with Crippen LogP contribution in [-0.4, -0.2) is 24.0 Å². The van der Waals surface area contributed by atoms with Gasteiger partial charge in [0.15, 0.2) is 16.6 Å². The number of thiocarbonyl (C=S) groups is 1. The van der Waals surface area contributed by atoms with Gasteiger partial charge in [0.25, 0.3) is 11.8 Å². The number of rotatable bonds is 7. The number of amides is 2. The number of ether oxygens (including phenoxy) is 2. The summed E-state index contributed by atoms with van der Waals surface area (Å²) < 4.78 is 25.3. The second-order valence-corrected chi connectivity index (χ2v) is 9.48. The second kappa shape index (κ2) is 11.2. The number of anilines is 1. The van der Waals surface area contributed by atoms with Crippen molar-refractivity contribution in [2.75, 3.05) is 12.0 Å². The van der Waals surface area contributed by atoms with E-state index in [1.165, 1.54) is 30.2 Å². The van der Waals surface area contributed by atoms with E-state index in [0.29, 0.717) is 26.3 Å². The summed E-state index contributed by atoms with van der Waals surface area (Å²) >= 11 is 7.38. The number of carbonyl (C=O) groups excluding carboxylic acids is 2. The van der Waals surface area contributed by atoms with Crippen LogP contribution >= 0.6 is 34.8 Å². The molecule has 6 nitrogen and oxygen atoms in total. The lowest BCUT2D eigenvalue weighted by Crippen LogP contribution is -2.54. The smallest absolute Gasteiger partial charge is 0.270 e. The fraction of sp³-hybridized carbons (Fsp3) is 0.148. The van der Waals surface area contributed by atoms with Crippen molar-refractivity contribution in [2.45, 2.75) is 20.0 Å². The van der Waals surface area contributed by atoms with E-state index in [1.807, 2.05) is 19.1 Å². The number of hydrogen-bond donors (Lipinski definition) is 1. The summed E-state index contributed by atoms with van der Waals surface area (Å²) in [5.74, 6) is -0.470. The molecule has 0 aromatic heterocycles. The maximum atomic E-state index is 13.3. The topological polar surface area (TPSA) is 67.9 Å². The van der Waals surface area contributed by atoms with Gasteiger partial charge in [-0.25, -0.2) is 4.39 Å². The molecule has 1 aliphatic rings. The zero-order chi connectivity index (χ0) is 25.8. The average molecular weight is 616 g/mol. The van der Waals surface area contributed by atoms with Gasteiger partial charge >= 0.3 is 0 Å². The third-order valence-corrected chi connectivity index (χ3v) is 6.65. The highest BCUT2D eigenvalue weighted by molar-refractivity contribution is 14.1. The number of halogens is 2. The zero-order valence-corrected chi connectivity index (χ0v) is 22.5. The Morgan fingerprint density at radius 3 is 2.36 bits per heavy atom. The fourth-order valence-electron chi connectivity index (χ4n) is 3.64. The molecular weight excluding hydrogens is 594 g/mol. The number of benzene rings is 3. The van der Waals surface area contributed by atoms with E-state index in [4.69, 9.17) is 21.7 Å². The molecule has 4 rings (SSSR count). The first-order chi connectivity index (χ1) is 17.3. The van der Waals surface area contributed by atoms with Crippen LogP contribution in [0.5, 0.6) is 11.5 Å². The van der Waals surface area contributed by atoms with Crippen molar-refractivity contribution in [3.05, 3.63) is 92.3 Å². The van der Waals surface area contributed by atoms with Crippen molar-refractivity contribution >= 4 is 63.5 Å². The normalized spacial score (nSPS) is 14.7. The van der Waals surface area contributed by atoms with E-state index in [1.54, 1.807) is 36.4 Å².